The molecule has 0 aliphatic carbocycles. The van der Waals surface area contributed by atoms with Gasteiger partial charge in [-0.1, -0.05) is 0 Å². The Morgan fingerprint density at radius 3 is 2.29 bits per heavy atom. The number of nitrogens with zero attached hydrogens (tertiary/aromatic N) is 1. The summed E-state index contributed by atoms with van der Waals surface area (Å²) in [6.45, 7) is 2.55. The molecule has 0 radical (unpaired) electrons. The molecule has 0 aromatic heterocycles. The zero-order valence-electron chi connectivity index (χ0n) is 10.2. The van der Waals surface area contributed by atoms with Gasteiger partial charge in [-0.25, -0.2) is 0 Å². The Morgan fingerprint density at radius 2 is 1.76 bits per heavy atom. The summed E-state index contributed by atoms with van der Waals surface area (Å²) < 4.78 is 7.63. The second-order valence-corrected chi connectivity index (χ2v) is 5.65. The van der Waals surface area contributed by atoms with E-state index in [1.165, 1.54) is 3.57 Å². The molecule has 3 nitrogen and oxygen atoms in total. The van der Waals surface area contributed by atoms with Crippen molar-refractivity contribution in [2.24, 2.45) is 0 Å². The van der Waals surface area contributed by atoms with Gasteiger partial charge in [0, 0.05) is 3.57 Å². The molecule has 0 unspecified atom stereocenters. The van der Waals surface area contributed by atoms with Gasteiger partial charge in [-0.2, -0.15) is 0 Å². The van der Waals surface area contributed by atoms with Gasteiger partial charge in [0.05, 0.1) is 20.7 Å². The summed E-state index contributed by atoms with van der Waals surface area (Å²) >= 11 is 2.27. The first-order valence-corrected chi connectivity index (χ1v) is 6.43. The second-order valence-electron chi connectivity index (χ2n) is 4.41. The smallest absolute Gasteiger partial charge is 0.137 e. The molecule has 0 atom stereocenters. The SMILES string of the molecule is C[N+](C)(CCO)CCOc1ccc(I)cc1.[Br-]. The van der Waals surface area contributed by atoms with Crippen LogP contribution in [0.5, 0.6) is 5.75 Å². The highest BCUT2D eigenvalue weighted by Gasteiger charge is 2.13. The molecule has 0 aliphatic heterocycles. The molecule has 1 N–H and O–H groups in total. The van der Waals surface area contributed by atoms with E-state index in [4.69, 9.17) is 9.84 Å². The van der Waals surface area contributed by atoms with Crippen LogP contribution in [0.1, 0.15) is 0 Å². The Labute approximate surface area is 127 Å². The third-order valence-electron chi connectivity index (χ3n) is 2.48. The van der Waals surface area contributed by atoms with E-state index in [2.05, 4.69) is 36.7 Å². The summed E-state index contributed by atoms with van der Waals surface area (Å²) in [5.41, 5.74) is 0. The number of rotatable bonds is 6. The molecule has 0 spiro atoms. The number of aliphatic hydroxyl groups excluding tert-OH is 1. The summed E-state index contributed by atoms with van der Waals surface area (Å²) in [5, 5.41) is 8.89. The third kappa shape index (κ3) is 7.23. The highest BCUT2D eigenvalue weighted by molar-refractivity contribution is 14.1. The molecule has 0 heterocycles. The van der Waals surface area contributed by atoms with Crippen molar-refractivity contribution in [1.29, 1.82) is 0 Å². The summed E-state index contributed by atoms with van der Waals surface area (Å²) in [7, 11) is 4.18. The van der Waals surface area contributed by atoms with Crippen LogP contribution < -0.4 is 21.7 Å². The van der Waals surface area contributed by atoms with E-state index in [1.54, 1.807) is 0 Å². The fourth-order valence-electron chi connectivity index (χ4n) is 1.32. The third-order valence-corrected chi connectivity index (χ3v) is 3.20. The topological polar surface area (TPSA) is 29.5 Å². The molecule has 0 saturated heterocycles. The van der Waals surface area contributed by atoms with Crippen LogP contribution in [0.3, 0.4) is 0 Å². The van der Waals surface area contributed by atoms with Gasteiger partial charge in [-0.05, 0) is 46.9 Å². The molecule has 0 fully saturated rings. The van der Waals surface area contributed by atoms with Crippen molar-refractivity contribution in [3.8, 4) is 5.75 Å². The van der Waals surface area contributed by atoms with Gasteiger partial charge in [0.25, 0.3) is 0 Å². The number of aliphatic hydroxyl groups is 1. The van der Waals surface area contributed by atoms with Crippen LogP contribution in [-0.4, -0.2) is 50.0 Å². The predicted molar refractivity (Wildman–Crippen MR) is 73.6 cm³/mol. The number of benzene rings is 1. The molecule has 1 aromatic carbocycles. The molecule has 0 bridgehead atoms. The van der Waals surface area contributed by atoms with E-state index in [0.29, 0.717) is 6.61 Å². The quantitative estimate of drug-likeness (QED) is 0.464. The fraction of sp³-hybridized carbons (Fsp3) is 0.500. The summed E-state index contributed by atoms with van der Waals surface area (Å²) in [5.74, 6) is 0.907. The average molecular weight is 416 g/mol. The van der Waals surface area contributed by atoms with E-state index in [1.807, 2.05) is 24.3 Å². The Kier molecular flexibility index (Phi) is 8.36. The maximum atomic E-state index is 8.89. The van der Waals surface area contributed by atoms with Crippen LogP contribution in [-0.2, 0) is 0 Å². The number of hydrogen-bond donors (Lipinski definition) is 1. The minimum atomic E-state index is 0. The van der Waals surface area contributed by atoms with Crippen LogP contribution in [0.15, 0.2) is 24.3 Å². The highest BCUT2D eigenvalue weighted by Crippen LogP contribution is 2.13. The van der Waals surface area contributed by atoms with Crippen molar-refractivity contribution >= 4 is 22.6 Å². The Morgan fingerprint density at radius 1 is 1.18 bits per heavy atom. The molecule has 0 saturated carbocycles. The number of quaternary nitrogens is 1. The van der Waals surface area contributed by atoms with Crippen molar-refractivity contribution in [3.05, 3.63) is 27.8 Å². The highest BCUT2D eigenvalue weighted by atomic mass is 127. The van der Waals surface area contributed by atoms with Crippen molar-refractivity contribution in [2.75, 3.05) is 40.4 Å². The van der Waals surface area contributed by atoms with Crippen molar-refractivity contribution < 1.29 is 31.3 Å². The summed E-state index contributed by atoms with van der Waals surface area (Å²) in [4.78, 5) is 0. The molecular weight excluding hydrogens is 397 g/mol. The normalized spacial score (nSPS) is 10.8. The van der Waals surface area contributed by atoms with Crippen molar-refractivity contribution in [2.45, 2.75) is 0 Å². The van der Waals surface area contributed by atoms with Crippen LogP contribution >= 0.6 is 22.6 Å². The van der Waals surface area contributed by atoms with Crippen molar-refractivity contribution in [1.82, 2.24) is 0 Å². The minimum absolute atomic E-state index is 0. The zero-order valence-corrected chi connectivity index (χ0v) is 13.9. The Balaban J connectivity index is 0.00000256. The first-order chi connectivity index (χ1) is 7.53. The lowest BCUT2D eigenvalue weighted by molar-refractivity contribution is -0.890. The fourth-order valence-corrected chi connectivity index (χ4v) is 1.68. The van der Waals surface area contributed by atoms with Crippen molar-refractivity contribution in [3.63, 3.8) is 0 Å². The number of halogens is 2. The predicted octanol–water partition coefficient (Wildman–Crippen LogP) is -1.26. The minimum Gasteiger partial charge on any atom is -1.00 e. The monoisotopic (exact) mass is 415 g/mol. The maximum absolute atomic E-state index is 8.89. The van der Waals surface area contributed by atoms with E-state index in [9.17, 15) is 0 Å². The Bertz CT molecular complexity index is 317. The molecule has 1 rings (SSSR count). The number of likely N-dealkylation sites (N-methyl/N-ethyl adjacent to an activating group) is 1. The largest absolute Gasteiger partial charge is 1.00 e. The first kappa shape index (κ1) is 17.2. The van der Waals surface area contributed by atoms with Gasteiger partial charge in [0.2, 0.25) is 0 Å². The van der Waals surface area contributed by atoms with E-state index in [0.717, 1.165) is 23.3 Å². The summed E-state index contributed by atoms with van der Waals surface area (Å²) in [6, 6.07) is 8.02. The van der Waals surface area contributed by atoms with Crippen LogP contribution in [0, 0.1) is 3.57 Å². The molecule has 0 aliphatic rings. The van der Waals surface area contributed by atoms with Gasteiger partial charge in [0.15, 0.2) is 0 Å². The van der Waals surface area contributed by atoms with Gasteiger partial charge in [-0.3, -0.25) is 0 Å². The van der Waals surface area contributed by atoms with Gasteiger partial charge >= 0.3 is 0 Å². The zero-order chi connectivity index (χ0) is 12.0. The van der Waals surface area contributed by atoms with Gasteiger partial charge < -0.3 is 31.3 Å². The summed E-state index contributed by atoms with van der Waals surface area (Å²) in [6.07, 6.45) is 0. The van der Waals surface area contributed by atoms with Crippen LogP contribution in [0.2, 0.25) is 0 Å². The van der Waals surface area contributed by atoms with E-state index >= 15 is 0 Å². The second kappa shape index (κ2) is 8.29. The van der Waals surface area contributed by atoms with Gasteiger partial charge in [-0.15, -0.1) is 0 Å². The maximum Gasteiger partial charge on any atom is 0.137 e. The number of ether oxygens (including phenoxy) is 1. The van der Waals surface area contributed by atoms with Crippen LogP contribution in [0.25, 0.3) is 0 Å². The molecule has 1 aromatic rings. The van der Waals surface area contributed by atoms with E-state index in [-0.39, 0.29) is 23.6 Å². The lowest BCUT2D eigenvalue weighted by Gasteiger charge is -2.28. The molecular formula is C12H19BrINO2. The Hall–Kier alpha value is 0.150. The lowest BCUT2D eigenvalue weighted by Crippen LogP contribution is -3.00. The molecule has 0 amide bonds. The first-order valence-electron chi connectivity index (χ1n) is 5.35. The molecule has 17 heavy (non-hydrogen) atoms. The lowest BCUT2D eigenvalue weighted by atomic mass is 10.3. The average Bonchev–Trinajstić information content (AvgIpc) is 2.20. The van der Waals surface area contributed by atoms with Gasteiger partial charge in [0.1, 0.15) is 25.4 Å². The molecule has 5 heteroatoms. The van der Waals surface area contributed by atoms with Crippen LogP contribution in [0.4, 0.5) is 0 Å². The standard InChI is InChI=1S/C12H19INO2.BrH/c1-14(2,7-9-15)8-10-16-12-5-3-11(13)4-6-12;/h3-6,15H,7-10H2,1-2H3;1H/q+1;/p-1. The molecule has 98 valence electrons. The number of hydrogen-bond acceptors (Lipinski definition) is 2. The van der Waals surface area contributed by atoms with E-state index < -0.39 is 0 Å².